The minimum absolute atomic E-state index is 0.0520. The van der Waals surface area contributed by atoms with Gasteiger partial charge in [0.2, 0.25) is 0 Å². The maximum Gasteiger partial charge on any atom is 0.416 e. The van der Waals surface area contributed by atoms with Crippen molar-refractivity contribution < 1.29 is 27.5 Å². The molecule has 130 valence electrons. The van der Waals surface area contributed by atoms with Crippen molar-refractivity contribution in [2.45, 2.75) is 18.7 Å². The van der Waals surface area contributed by atoms with Crippen molar-refractivity contribution in [2.75, 3.05) is 5.32 Å². The number of nitrogens with one attached hydrogen (secondary N) is 1. The van der Waals surface area contributed by atoms with Gasteiger partial charge in [-0.25, -0.2) is 4.79 Å². The second-order valence-corrected chi connectivity index (χ2v) is 5.84. The molecule has 1 heterocycles. The van der Waals surface area contributed by atoms with Crippen LogP contribution in [0.4, 0.5) is 18.9 Å². The van der Waals surface area contributed by atoms with Crippen molar-refractivity contribution in [2.24, 2.45) is 0 Å². The Hall–Kier alpha value is -2.54. The number of amides is 1. The molecule has 2 aromatic rings. The predicted octanol–water partition coefficient (Wildman–Crippen LogP) is 4.08. The summed E-state index contributed by atoms with van der Waals surface area (Å²) in [5.41, 5.74) is -0.146. The summed E-state index contributed by atoms with van der Waals surface area (Å²) in [5, 5.41) is 2.24. The van der Waals surface area contributed by atoms with Gasteiger partial charge in [0.1, 0.15) is 0 Å². The van der Waals surface area contributed by atoms with Crippen LogP contribution in [0, 0.1) is 0 Å². The zero-order valence-electron chi connectivity index (χ0n) is 12.6. The van der Waals surface area contributed by atoms with Crippen molar-refractivity contribution in [3.63, 3.8) is 0 Å². The molecule has 0 fully saturated rings. The summed E-state index contributed by atoms with van der Waals surface area (Å²) in [6.45, 7) is 0. The zero-order chi connectivity index (χ0) is 18.2. The van der Waals surface area contributed by atoms with E-state index in [0.29, 0.717) is 11.1 Å². The molecule has 4 nitrogen and oxygen atoms in total. The molecule has 1 atom stereocenters. The van der Waals surface area contributed by atoms with Gasteiger partial charge < -0.3 is 10.1 Å². The SMILES string of the molecule is O=C1O[C@H](C(=O)Nc2cc(C(F)(F)F)ccc2Cl)Cc2ccccc21. The largest absolute Gasteiger partial charge is 0.448 e. The van der Waals surface area contributed by atoms with Crippen molar-refractivity contribution in [1.82, 2.24) is 0 Å². The third-order valence-electron chi connectivity index (χ3n) is 3.74. The van der Waals surface area contributed by atoms with Gasteiger partial charge in [0, 0.05) is 6.42 Å². The molecule has 0 spiro atoms. The molecule has 1 aliphatic rings. The molecule has 1 amide bonds. The van der Waals surface area contributed by atoms with Gasteiger partial charge in [-0.2, -0.15) is 13.2 Å². The van der Waals surface area contributed by atoms with E-state index in [1.807, 2.05) is 0 Å². The Balaban J connectivity index is 1.81. The number of fused-ring (bicyclic) bond motifs is 1. The first-order valence-electron chi connectivity index (χ1n) is 7.22. The Labute approximate surface area is 145 Å². The van der Waals surface area contributed by atoms with Crippen molar-refractivity contribution in [3.05, 3.63) is 64.2 Å². The Bertz CT molecular complexity index is 851. The highest BCUT2D eigenvalue weighted by Crippen LogP contribution is 2.34. The first-order valence-corrected chi connectivity index (χ1v) is 7.60. The third kappa shape index (κ3) is 3.61. The number of hydrogen-bond donors (Lipinski definition) is 1. The molecule has 0 saturated heterocycles. The minimum Gasteiger partial charge on any atom is -0.448 e. The average Bonchev–Trinajstić information content (AvgIpc) is 2.55. The molecule has 2 aromatic carbocycles. The number of alkyl halides is 3. The topological polar surface area (TPSA) is 55.4 Å². The van der Waals surface area contributed by atoms with E-state index in [-0.39, 0.29) is 17.1 Å². The summed E-state index contributed by atoms with van der Waals surface area (Å²) in [6.07, 6.45) is -5.59. The lowest BCUT2D eigenvalue weighted by Crippen LogP contribution is -2.38. The molecule has 3 rings (SSSR count). The van der Waals surface area contributed by atoms with Crippen LogP contribution >= 0.6 is 11.6 Å². The number of carbonyl (C=O) groups excluding carboxylic acids is 2. The molecule has 0 radical (unpaired) electrons. The molecule has 1 N–H and O–H groups in total. The summed E-state index contributed by atoms with van der Waals surface area (Å²) in [7, 11) is 0. The van der Waals surface area contributed by atoms with E-state index >= 15 is 0 Å². The van der Waals surface area contributed by atoms with E-state index < -0.39 is 29.7 Å². The normalized spacial score (nSPS) is 16.8. The van der Waals surface area contributed by atoms with E-state index in [1.54, 1.807) is 24.3 Å². The molecular weight excluding hydrogens is 359 g/mol. The fourth-order valence-corrected chi connectivity index (χ4v) is 2.65. The van der Waals surface area contributed by atoms with E-state index in [2.05, 4.69) is 5.32 Å². The number of carbonyl (C=O) groups is 2. The maximum absolute atomic E-state index is 12.8. The number of esters is 1. The molecule has 1 aliphatic heterocycles. The third-order valence-corrected chi connectivity index (χ3v) is 4.07. The standard InChI is InChI=1S/C17H11ClF3NO3/c18-12-6-5-10(17(19,20)21)8-13(12)22-15(23)14-7-9-3-1-2-4-11(9)16(24)25-14/h1-6,8,14H,7H2,(H,22,23)/t14-/m0/s1. The van der Waals surface area contributed by atoms with Crippen molar-refractivity contribution in [1.29, 1.82) is 0 Å². The average molecular weight is 370 g/mol. The fraction of sp³-hybridized carbons (Fsp3) is 0.176. The maximum atomic E-state index is 12.8. The first-order chi connectivity index (χ1) is 11.8. The second-order valence-electron chi connectivity index (χ2n) is 5.44. The Morgan fingerprint density at radius 1 is 1.20 bits per heavy atom. The Kier molecular flexibility index (Phi) is 4.43. The zero-order valence-corrected chi connectivity index (χ0v) is 13.3. The van der Waals surface area contributed by atoms with Gasteiger partial charge in [0.05, 0.1) is 21.8 Å². The van der Waals surface area contributed by atoms with Crippen LogP contribution in [0.3, 0.4) is 0 Å². The van der Waals surface area contributed by atoms with Gasteiger partial charge in [-0.15, -0.1) is 0 Å². The van der Waals surface area contributed by atoms with Gasteiger partial charge in [-0.3, -0.25) is 4.79 Å². The summed E-state index contributed by atoms with van der Waals surface area (Å²) in [6, 6.07) is 9.25. The van der Waals surface area contributed by atoms with E-state index in [0.717, 1.165) is 18.2 Å². The summed E-state index contributed by atoms with van der Waals surface area (Å²) in [5.74, 6) is -1.40. The second kappa shape index (κ2) is 6.40. The molecule has 0 aromatic heterocycles. The smallest absolute Gasteiger partial charge is 0.416 e. The molecular formula is C17H11ClF3NO3. The highest BCUT2D eigenvalue weighted by Gasteiger charge is 2.33. The summed E-state index contributed by atoms with van der Waals surface area (Å²) in [4.78, 5) is 24.2. The number of rotatable bonds is 2. The highest BCUT2D eigenvalue weighted by atomic mass is 35.5. The number of ether oxygens (including phenoxy) is 1. The fourth-order valence-electron chi connectivity index (χ4n) is 2.49. The minimum atomic E-state index is -4.57. The Morgan fingerprint density at radius 2 is 1.92 bits per heavy atom. The molecule has 0 saturated carbocycles. The molecule has 0 bridgehead atoms. The molecule has 25 heavy (non-hydrogen) atoms. The quantitative estimate of drug-likeness (QED) is 0.812. The number of anilines is 1. The van der Waals surface area contributed by atoms with Crippen LogP contribution in [0.25, 0.3) is 0 Å². The van der Waals surface area contributed by atoms with E-state index in [1.165, 1.54) is 0 Å². The number of hydrogen-bond acceptors (Lipinski definition) is 3. The van der Waals surface area contributed by atoms with Crippen molar-refractivity contribution >= 4 is 29.2 Å². The van der Waals surface area contributed by atoms with Crippen LogP contribution in [0.5, 0.6) is 0 Å². The van der Waals surface area contributed by atoms with Crippen LogP contribution in [-0.2, 0) is 22.1 Å². The lowest BCUT2D eigenvalue weighted by atomic mass is 9.98. The molecule has 0 aliphatic carbocycles. The lowest BCUT2D eigenvalue weighted by molar-refractivity contribution is -0.137. The van der Waals surface area contributed by atoms with Gasteiger partial charge in [0.25, 0.3) is 5.91 Å². The van der Waals surface area contributed by atoms with E-state index in [9.17, 15) is 22.8 Å². The van der Waals surface area contributed by atoms with E-state index in [4.69, 9.17) is 16.3 Å². The predicted molar refractivity (Wildman–Crippen MR) is 84.4 cm³/mol. The Morgan fingerprint density at radius 3 is 2.64 bits per heavy atom. The van der Waals surface area contributed by atoms with Gasteiger partial charge in [0.15, 0.2) is 6.10 Å². The van der Waals surface area contributed by atoms with Gasteiger partial charge in [-0.1, -0.05) is 29.8 Å². The summed E-state index contributed by atoms with van der Waals surface area (Å²) < 4.78 is 43.4. The number of halogens is 4. The first kappa shape index (κ1) is 17.3. The van der Waals surface area contributed by atoms with Crippen LogP contribution in [0.2, 0.25) is 5.02 Å². The molecule has 8 heteroatoms. The van der Waals surface area contributed by atoms with Crippen LogP contribution in [0.1, 0.15) is 21.5 Å². The van der Waals surface area contributed by atoms with Gasteiger partial charge >= 0.3 is 12.1 Å². The van der Waals surface area contributed by atoms with Gasteiger partial charge in [-0.05, 0) is 29.8 Å². The highest BCUT2D eigenvalue weighted by molar-refractivity contribution is 6.33. The van der Waals surface area contributed by atoms with Crippen LogP contribution < -0.4 is 5.32 Å². The monoisotopic (exact) mass is 369 g/mol. The van der Waals surface area contributed by atoms with Crippen LogP contribution in [-0.4, -0.2) is 18.0 Å². The molecule has 0 unspecified atom stereocenters. The number of cyclic esters (lactones) is 1. The van der Waals surface area contributed by atoms with Crippen LogP contribution in [0.15, 0.2) is 42.5 Å². The number of benzene rings is 2. The van der Waals surface area contributed by atoms with Crippen molar-refractivity contribution in [3.8, 4) is 0 Å². The summed E-state index contributed by atoms with van der Waals surface area (Å²) >= 11 is 5.85. The lowest BCUT2D eigenvalue weighted by Gasteiger charge is -2.24.